The van der Waals surface area contributed by atoms with Gasteiger partial charge in [-0.05, 0) is 55.4 Å². The maximum atomic E-state index is 14.5. The number of likely N-dealkylation sites (tertiary alicyclic amines) is 1. The summed E-state index contributed by atoms with van der Waals surface area (Å²) in [5, 5.41) is 28.1. The van der Waals surface area contributed by atoms with Gasteiger partial charge in [0.2, 0.25) is 59.1 Å². The number of nitrogens with zero attached hydrogens (tertiary/aromatic N) is 2. The normalized spacial score (nSPS) is 22.2. The van der Waals surface area contributed by atoms with Gasteiger partial charge in [0.15, 0.2) is 5.96 Å². The van der Waals surface area contributed by atoms with E-state index < -0.39 is 114 Å². The van der Waals surface area contributed by atoms with E-state index in [2.05, 4.69) is 42.2 Å². The first-order chi connectivity index (χ1) is 33.8. The minimum atomic E-state index is -1.65. The quantitative estimate of drug-likeness (QED) is 0.0322. The second-order valence-corrected chi connectivity index (χ2v) is 19.4. The Labute approximate surface area is 417 Å². The average Bonchev–Trinajstić information content (AvgIpc) is 3.83. The van der Waals surface area contributed by atoms with Gasteiger partial charge in [-0.25, -0.2) is 0 Å². The number of benzene rings is 2. The molecule has 0 spiro atoms. The number of hydrogen-bond donors (Lipinski definition) is 12. The number of amides is 10. The Balaban J connectivity index is 1.64. The number of primary amides is 2. The van der Waals surface area contributed by atoms with Gasteiger partial charge in [-0.15, -0.1) is 0 Å². The van der Waals surface area contributed by atoms with E-state index in [-0.39, 0.29) is 81.3 Å². The number of carbonyl (C=O) groups is 10. The number of nitrogens with two attached hydrogens (primary N) is 4. The van der Waals surface area contributed by atoms with Crippen molar-refractivity contribution in [3.63, 3.8) is 0 Å². The number of phenols is 1. The summed E-state index contributed by atoms with van der Waals surface area (Å²) in [6.07, 6.45) is -0.110. The van der Waals surface area contributed by atoms with Crippen LogP contribution >= 0.6 is 21.6 Å². The number of guanidine groups is 1. The molecule has 0 bridgehead atoms. The van der Waals surface area contributed by atoms with Gasteiger partial charge < -0.3 is 70.2 Å². The molecule has 10 amide bonds. The van der Waals surface area contributed by atoms with Gasteiger partial charge in [0.1, 0.15) is 48.0 Å². The number of aliphatic imine (C=N–C) groups is 1. The zero-order chi connectivity index (χ0) is 52.0. The molecule has 16 N–H and O–H groups in total. The summed E-state index contributed by atoms with van der Waals surface area (Å²) in [5.74, 6) is -8.07. The maximum Gasteiger partial charge on any atom is 0.246 e. The van der Waals surface area contributed by atoms with Crippen molar-refractivity contribution in [2.75, 3.05) is 31.1 Å². The molecule has 0 aliphatic carbocycles. The molecular weight excluding hydrogens is 963 g/mol. The highest BCUT2D eigenvalue weighted by Crippen LogP contribution is 2.26. The van der Waals surface area contributed by atoms with Crippen molar-refractivity contribution in [3.8, 4) is 5.75 Å². The predicted octanol–water partition coefficient (Wildman–Crippen LogP) is -3.20. The van der Waals surface area contributed by atoms with Gasteiger partial charge in [0, 0.05) is 43.9 Å². The molecule has 71 heavy (non-hydrogen) atoms. The van der Waals surface area contributed by atoms with Gasteiger partial charge >= 0.3 is 0 Å². The van der Waals surface area contributed by atoms with Crippen LogP contribution in [0.5, 0.6) is 5.75 Å². The first kappa shape index (κ1) is 56.5. The Morgan fingerprint density at radius 3 is 2.01 bits per heavy atom. The third-order valence-corrected chi connectivity index (χ3v) is 13.6. The van der Waals surface area contributed by atoms with Crippen LogP contribution in [0.2, 0.25) is 0 Å². The van der Waals surface area contributed by atoms with E-state index in [1.165, 1.54) is 17.0 Å². The SMILES string of the molecule is CC[C@@H]1NC(=O)[C@H](Cc2ccccc2)NC(=O)[C@H](Cc2ccc(O)cc2)NC(=O)CCSSC[C@@H](C(=O)N2CCC[C@H]2C(=O)N[C@@H](CCCN=C(N)N)C(=O)NCC(N)=O)NC(=O)[C@H](CC(N)=O)NC1=O. The second-order valence-electron chi connectivity index (χ2n) is 16.7. The maximum absolute atomic E-state index is 14.5. The lowest BCUT2D eigenvalue weighted by atomic mass is 10.0. The topological polar surface area (TPSA) is 395 Å². The summed E-state index contributed by atoms with van der Waals surface area (Å²) in [6.45, 7) is 1.25. The number of phenolic OH excluding ortho intramolecular Hbond substituents is 1. The van der Waals surface area contributed by atoms with Crippen molar-refractivity contribution in [2.24, 2.45) is 27.9 Å². The van der Waals surface area contributed by atoms with Gasteiger partial charge in [-0.2, -0.15) is 0 Å². The third kappa shape index (κ3) is 19.0. The number of aromatic hydroxyl groups is 1. The Kier molecular flexibility index (Phi) is 22.7. The molecule has 0 radical (unpaired) electrons. The van der Waals surface area contributed by atoms with E-state index in [1.807, 2.05) is 0 Å². The molecule has 4 rings (SSSR count). The van der Waals surface area contributed by atoms with Crippen molar-refractivity contribution in [1.82, 2.24) is 42.1 Å². The largest absolute Gasteiger partial charge is 0.508 e. The van der Waals surface area contributed by atoms with E-state index in [0.29, 0.717) is 17.5 Å². The first-order valence-electron chi connectivity index (χ1n) is 22.9. The second kappa shape index (κ2) is 28.5. The van der Waals surface area contributed by atoms with Crippen LogP contribution in [0.4, 0.5) is 0 Å². The number of hydrogen-bond acceptors (Lipinski definition) is 14. The summed E-state index contributed by atoms with van der Waals surface area (Å²) in [4.78, 5) is 140. The highest BCUT2D eigenvalue weighted by molar-refractivity contribution is 8.76. The zero-order valence-electron chi connectivity index (χ0n) is 39.2. The molecule has 2 aromatic rings. The van der Waals surface area contributed by atoms with E-state index in [0.717, 1.165) is 21.6 Å². The molecule has 386 valence electrons. The average molecular weight is 1030 g/mol. The van der Waals surface area contributed by atoms with Crippen LogP contribution in [0.15, 0.2) is 59.6 Å². The highest BCUT2D eigenvalue weighted by atomic mass is 33.1. The van der Waals surface area contributed by atoms with Crippen molar-refractivity contribution < 1.29 is 53.1 Å². The number of nitrogens with one attached hydrogen (secondary N) is 7. The zero-order valence-corrected chi connectivity index (χ0v) is 40.8. The minimum Gasteiger partial charge on any atom is -0.508 e. The molecule has 24 nitrogen and oxygen atoms in total. The Morgan fingerprint density at radius 1 is 0.775 bits per heavy atom. The van der Waals surface area contributed by atoms with Crippen LogP contribution in [-0.2, 0) is 60.8 Å². The fourth-order valence-electron chi connectivity index (χ4n) is 7.58. The molecule has 26 heteroatoms. The molecule has 0 saturated carbocycles. The molecule has 2 saturated heterocycles. The first-order valence-corrected chi connectivity index (χ1v) is 25.4. The Bertz CT molecular complexity index is 2250. The van der Waals surface area contributed by atoms with Crippen LogP contribution in [0.25, 0.3) is 0 Å². The fraction of sp³-hybridized carbons (Fsp3) is 0.489. The minimum absolute atomic E-state index is 0.0143. The van der Waals surface area contributed by atoms with E-state index in [1.54, 1.807) is 49.4 Å². The van der Waals surface area contributed by atoms with Gasteiger partial charge in [0.05, 0.1) is 13.0 Å². The van der Waals surface area contributed by atoms with E-state index >= 15 is 0 Å². The lowest BCUT2D eigenvalue weighted by Crippen LogP contribution is -2.61. The molecule has 7 atom stereocenters. The lowest BCUT2D eigenvalue weighted by molar-refractivity contribution is -0.142. The molecule has 2 aliphatic heterocycles. The molecule has 0 unspecified atom stereocenters. The third-order valence-electron chi connectivity index (χ3n) is 11.2. The van der Waals surface area contributed by atoms with Crippen LogP contribution in [0.3, 0.4) is 0 Å². The monoisotopic (exact) mass is 1030 g/mol. The van der Waals surface area contributed by atoms with E-state index in [9.17, 15) is 53.1 Å². The van der Waals surface area contributed by atoms with Crippen LogP contribution < -0.4 is 60.2 Å². The summed E-state index contributed by atoms with van der Waals surface area (Å²) < 4.78 is 0. The smallest absolute Gasteiger partial charge is 0.246 e. The van der Waals surface area contributed by atoms with E-state index in [4.69, 9.17) is 22.9 Å². The lowest BCUT2D eigenvalue weighted by Gasteiger charge is -2.30. The van der Waals surface area contributed by atoms with Crippen molar-refractivity contribution >= 4 is 86.6 Å². The summed E-state index contributed by atoms with van der Waals surface area (Å²) in [7, 11) is 2.26. The molecule has 2 aliphatic rings. The van der Waals surface area contributed by atoms with Crippen LogP contribution in [-0.4, -0.2) is 148 Å². The summed E-state index contributed by atoms with van der Waals surface area (Å²) in [6, 6.07) is 5.59. The number of rotatable bonds is 17. The summed E-state index contributed by atoms with van der Waals surface area (Å²) in [5.41, 5.74) is 22.8. The molecule has 2 aromatic carbocycles. The van der Waals surface area contributed by atoms with Crippen molar-refractivity contribution in [2.45, 2.75) is 107 Å². The van der Waals surface area contributed by atoms with Gasteiger partial charge in [-0.3, -0.25) is 52.9 Å². The van der Waals surface area contributed by atoms with Crippen LogP contribution in [0, 0.1) is 0 Å². The standard InChI is InChI=1S/C45H63N13O11S2/c1-2-28-39(64)56-32(22-35(46)60)42(67)57-33(44(69)58-18-7-11-34(58)43(68)54-29(10-6-17-50-45(48)49)38(63)51-23-36(47)61)24-71-70-19-16-37(62)52-30(21-26-12-14-27(59)15-13-26)40(65)55-31(41(66)53-28)20-25-8-4-3-5-9-25/h3-5,8-9,12-15,28-34,59H,2,6-7,10-11,16-24H2,1H3,(H2,46,60)(H2,47,61)(H,51,63)(H,52,62)(H,53,66)(H,54,68)(H,55,65)(H,56,64)(H,57,67)(H4,48,49,50)/t28-,29-,30-,31-,32-,33-,34-/m0/s1. The van der Waals surface area contributed by atoms with Crippen LogP contribution in [0.1, 0.15) is 63.0 Å². The number of carbonyl (C=O) groups excluding carboxylic acids is 10. The van der Waals surface area contributed by atoms with Crippen molar-refractivity contribution in [1.29, 1.82) is 0 Å². The van der Waals surface area contributed by atoms with Crippen molar-refractivity contribution in [3.05, 3.63) is 65.7 Å². The Hall–Kier alpha value is -7.09. The molecule has 2 heterocycles. The van der Waals surface area contributed by atoms with Gasteiger partial charge in [-0.1, -0.05) is 71.0 Å². The highest BCUT2D eigenvalue weighted by Gasteiger charge is 2.40. The predicted molar refractivity (Wildman–Crippen MR) is 264 cm³/mol. The summed E-state index contributed by atoms with van der Waals surface area (Å²) >= 11 is 0. The fourth-order valence-corrected chi connectivity index (χ4v) is 9.73. The molecule has 2 fully saturated rings. The molecule has 0 aromatic heterocycles. The Morgan fingerprint density at radius 2 is 1.38 bits per heavy atom. The molecular formula is C45H63N13O11S2. The van der Waals surface area contributed by atoms with Gasteiger partial charge in [0.25, 0.3) is 0 Å².